The number of anilines is 1. The highest BCUT2D eigenvalue weighted by Gasteiger charge is 2.08. The van der Waals surface area contributed by atoms with Crippen molar-refractivity contribution in [2.45, 2.75) is 13.5 Å². The number of urea groups is 1. The molecule has 1 aromatic carbocycles. The molecule has 0 aliphatic carbocycles. The lowest BCUT2D eigenvalue weighted by Crippen LogP contribution is -2.33. The molecule has 2 amide bonds. The summed E-state index contributed by atoms with van der Waals surface area (Å²) in [6.07, 6.45) is 1.46. The fraction of sp³-hybridized carbons (Fsp3) is 0.312. The first-order valence-electron chi connectivity index (χ1n) is 7.33. The molecule has 0 saturated heterocycles. The second-order valence-electron chi connectivity index (χ2n) is 5.01. The number of ether oxygens (including phenoxy) is 2. The topological polar surface area (TPSA) is 94.5 Å². The Labute approximate surface area is 139 Å². The lowest BCUT2D eigenvalue weighted by atomic mass is 10.2. The van der Waals surface area contributed by atoms with E-state index in [1.54, 1.807) is 32.2 Å². The van der Waals surface area contributed by atoms with Gasteiger partial charge in [-0.05, 0) is 19.1 Å². The number of nitrogens with zero attached hydrogens (tertiary/aromatic N) is 2. The van der Waals surface area contributed by atoms with Gasteiger partial charge in [0, 0.05) is 30.9 Å². The summed E-state index contributed by atoms with van der Waals surface area (Å²) in [5, 5.41) is 5.36. The van der Waals surface area contributed by atoms with Gasteiger partial charge in [-0.3, -0.25) is 9.36 Å². The molecule has 1 heterocycles. The van der Waals surface area contributed by atoms with Crippen LogP contribution in [0.15, 0.2) is 35.4 Å². The molecule has 0 bridgehead atoms. The standard InChI is InChI=1S/C16H20N4O4/c1-11-8-15(21)20(10-18-11)7-6-17-16(22)19-13-9-12(23-2)4-5-14(13)24-3/h4-5,8-10H,6-7H2,1-3H3,(H2,17,19,22). The lowest BCUT2D eigenvalue weighted by molar-refractivity contribution is 0.251. The van der Waals surface area contributed by atoms with Crippen LogP contribution < -0.4 is 25.7 Å². The molecular formula is C16H20N4O4. The molecule has 2 aromatic rings. The summed E-state index contributed by atoms with van der Waals surface area (Å²) in [5.74, 6) is 1.12. The van der Waals surface area contributed by atoms with Crippen molar-refractivity contribution >= 4 is 11.7 Å². The number of carbonyl (C=O) groups excluding carboxylic acids is 1. The second-order valence-corrected chi connectivity index (χ2v) is 5.01. The summed E-state index contributed by atoms with van der Waals surface area (Å²) < 4.78 is 11.8. The van der Waals surface area contributed by atoms with E-state index >= 15 is 0 Å². The highest BCUT2D eigenvalue weighted by molar-refractivity contribution is 5.91. The monoisotopic (exact) mass is 332 g/mol. The van der Waals surface area contributed by atoms with Crippen molar-refractivity contribution in [2.24, 2.45) is 0 Å². The van der Waals surface area contributed by atoms with Crippen LogP contribution in [0, 0.1) is 6.92 Å². The van der Waals surface area contributed by atoms with E-state index in [-0.39, 0.29) is 12.1 Å². The van der Waals surface area contributed by atoms with Crippen LogP contribution in [0.5, 0.6) is 11.5 Å². The SMILES string of the molecule is COc1ccc(OC)c(NC(=O)NCCn2cnc(C)cc2=O)c1. The zero-order chi connectivity index (χ0) is 17.5. The zero-order valence-electron chi connectivity index (χ0n) is 13.8. The number of aromatic nitrogens is 2. The number of amides is 2. The Morgan fingerprint density at radius 1 is 1.25 bits per heavy atom. The van der Waals surface area contributed by atoms with Gasteiger partial charge in [0.1, 0.15) is 11.5 Å². The first kappa shape index (κ1) is 17.3. The molecular weight excluding hydrogens is 312 g/mol. The van der Waals surface area contributed by atoms with Crippen molar-refractivity contribution in [1.82, 2.24) is 14.9 Å². The molecule has 0 aliphatic heterocycles. The molecule has 0 aliphatic rings. The van der Waals surface area contributed by atoms with Crippen LogP contribution in [0.4, 0.5) is 10.5 Å². The van der Waals surface area contributed by atoms with Crippen molar-refractivity contribution in [3.05, 3.63) is 46.6 Å². The summed E-state index contributed by atoms with van der Waals surface area (Å²) >= 11 is 0. The number of aryl methyl sites for hydroxylation is 1. The number of benzene rings is 1. The highest BCUT2D eigenvalue weighted by Crippen LogP contribution is 2.28. The fourth-order valence-electron chi connectivity index (χ4n) is 2.05. The molecule has 0 spiro atoms. The van der Waals surface area contributed by atoms with Crippen molar-refractivity contribution < 1.29 is 14.3 Å². The molecule has 128 valence electrons. The minimum Gasteiger partial charge on any atom is -0.497 e. The van der Waals surface area contributed by atoms with Crippen LogP contribution in [0.1, 0.15) is 5.69 Å². The summed E-state index contributed by atoms with van der Waals surface area (Å²) in [7, 11) is 3.06. The van der Waals surface area contributed by atoms with E-state index < -0.39 is 6.03 Å². The Morgan fingerprint density at radius 2 is 2.04 bits per heavy atom. The minimum absolute atomic E-state index is 0.154. The molecule has 2 rings (SSSR count). The molecule has 0 fully saturated rings. The molecule has 2 N–H and O–H groups in total. The maximum absolute atomic E-state index is 12.0. The van der Waals surface area contributed by atoms with Crippen LogP contribution in [0.3, 0.4) is 0 Å². The van der Waals surface area contributed by atoms with Crippen molar-refractivity contribution in [1.29, 1.82) is 0 Å². The van der Waals surface area contributed by atoms with E-state index in [0.29, 0.717) is 29.4 Å². The van der Waals surface area contributed by atoms with Gasteiger partial charge in [0.15, 0.2) is 0 Å². The number of methoxy groups -OCH3 is 2. The van der Waals surface area contributed by atoms with Gasteiger partial charge in [-0.25, -0.2) is 9.78 Å². The Morgan fingerprint density at radius 3 is 2.71 bits per heavy atom. The average Bonchev–Trinajstić information content (AvgIpc) is 2.56. The second kappa shape index (κ2) is 8.00. The first-order valence-corrected chi connectivity index (χ1v) is 7.33. The molecule has 0 atom stereocenters. The predicted octanol–water partition coefficient (Wildman–Crippen LogP) is 1.39. The van der Waals surface area contributed by atoms with Gasteiger partial charge in [-0.15, -0.1) is 0 Å². The Kier molecular flexibility index (Phi) is 5.78. The molecule has 24 heavy (non-hydrogen) atoms. The van der Waals surface area contributed by atoms with Crippen molar-refractivity contribution in [3.8, 4) is 11.5 Å². The van der Waals surface area contributed by atoms with E-state index in [1.165, 1.54) is 24.1 Å². The number of hydrogen-bond acceptors (Lipinski definition) is 5. The molecule has 0 unspecified atom stereocenters. The Bertz CT molecular complexity index is 773. The Hall–Kier alpha value is -3.03. The highest BCUT2D eigenvalue weighted by atomic mass is 16.5. The summed E-state index contributed by atoms with van der Waals surface area (Å²) in [5.41, 5.74) is 0.995. The van der Waals surface area contributed by atoms with Crippen LogP contribution in [-0.2, 0) is 6.54 Å². The van der Waals surface area contributed by atoms with E-state index in [1.807, 2.05) is 0 Å². The van der Waals surface area contributed by atoms with E-state index in [0.717, 1.165) is 0 Å². The maximum Gasteiger partial charge on any atom is 0.319 e. The third-order valence-corrected chi connectivity index (χ3v) is 3.31. The van der Waals surface area contributed by atoms with Crippen LogP contribution in [-0.4, -0.2) is 36.3 Å². The van der Waals surface area contributed by atoms with Gasteiger partial charge in [0.2, 0.25) is 0 Å². The van der Waals surface area contributed by atoms with Gasteiger partial charge in [0.05, 0.1) is 26.2 Å². The maximum atomic E-state index is 12.0. The fourth-order valence-corrected chi connectivity index (χ4v) is 2.05. The van der Waals surface area contributed by atoms with E-state index in [2.05, 4.69) is 15.6 Å². The number of hydrogen-bond donors (Lipinski definition) is 2. The summed E-state index contributed by atoms with van der Waals surface area (Å²) in [6.45, 7) is 2.36. The van der Waals surface area contributed by atoms with Gasteiger partial charge in [-0.1, -0.05) is 0 Å². The largest absolute Gasteiger partial charge is 0.497 e. The minimum atomic E-state index is -0.408. The normalized spacial score (nSPS) is 10.1. The van der Waals surface area contributed by atoms with Crippen LogP contribution in [0.25, 0.3) is 0 Å². The Balaban J connectivity index is 1.93. The van der Waals surface area contributed by atoms with Crippen molar-refractivity contribution in [2.75, 3.05) is 26.1 Å². The van der Waals surface area contributed by atoms with Gasteiger partial charge < -0.3 is 20.1 Å². The molecule has 1 aromatic heterocycles. The zero-order valence-corrected chi connectivity index (χ0v) is 13.8. The van der Waals surface area contributed by atoms with E-state index in [4.69, 9.17) is 9.47 Å². The first-order chi connectivity index (χ1) is 11.5. The molecule has 0 saturated carbocycles. The number of carbonyl (C=O) groups is 1. The smallest absolute Gasteiger partial charge is 0.319 e. The predicted molar refractivity (Wildman–Crippen MR) is 89.8 cm³/mol. The number of nitrogens with one attached hydrogen (secondary N) is 2. The van der Waals surface area contributed by atoms with Gasteiger partial charge in [-0.2, -0.15) is 0 Å². The number of rotatable bonds is 6. The van der Waals surface area contributed by atoms with Crippen LogP contribution >= 0.6 is 0 Å². The van der Waals surface area contributed by atoms with E-state index in [9.17, 15) is 9.59 Å². The van der Waals surface area contributed by atoms with Gasteiger partial charge >= 0.3 is 6.03 Å². The average molecular weight is 332 g/mol. The van der Waals surface area contributed by atoms with Gasteiger partial charge in [0.25, 0.3) is 5.56 Å². The quantitative estimate of drug-likeness (QED) is 0.833. The summed E-state index contributed by atoms with van der Waals surface area (Å²) in [4.78, 5) is 27.8. The molecule has 8 heteroatoms. The summed E-state index contributed by atoms with van der Waals surface area (Å²) in [6, 6.07) is 6.13. The molecule has 8 nitrogen and oxygen atoms in total. The lowest BCUT2D eigenvalue weighted by Gasteiger charge is -2.12. The third-order valence-electron chi connectivity index (χ3n) is 3.31. The third kappa shape index (κ3) is 4.48. The van der Waals surface area contributed by atoms with Crippen LogP contribution in [0.2, 0.25) is 0 Å². The van der Waals surface area contributed by atoms with Crippen molar-refractivity contribution in [3.63, 3.8) is 0 Å². The molecule has 0 radical (unpaired) electrons.